The average molecular weight is 518 g/mol. The van der Waals surface area contributed by atoms with E-state index >= 15 is 0 Å². The van der Waals surface area contributed by atoms with Gasteiger partial charge in [0.05, 0.1) is 43.6 Å². The van der Waals surface area contributed by atoms with Gasteiger partial charge < -0.3 is 19.7 Å². The number of benzene rings is 1. The van der Waals surface area contributed by atoms with Crippen LogP contribution in [0.1, 0.15) is 37.6 Å². The minimum atomic E-state index is -2.71. The first-order valence-electron chi connectivity index (χ1n) is 12.4. The first-order valence-corrected chi connectivity index (χ1v) is 12.4. The lowest BCUT2D eigenvalue weighted by molar-refractivity contribution is -0.134. The molecule has 5 rings (SSSR count). The van der Waals surface area contributed by atoms with E-state index < -0.39 is 17.8 Å². The lowest BCUT2D eigenvalue weighted by Gasteiger charge is -2.39. The molecule has 2 saturated heterocycles. The molecule has 37 heavy (non-hydrogen) atoms. The van der Waals surface area contributed by atoms with Crippen molar-refractivity contribution in [2.75, 3.05) is 31.6 Å². The number of hydrogen-bond donors (Lipinski definition) is 2. The van der Waals surface area contributed by atoms with Gasteiger partial charge in [-0.15, -0.1) is 0 Å². The maximum Gasteiger partial charge on any atom is 0.272 e. The van der Waals surface area contributed by atoms with Gasteiger partial charge >= 0.3 is 0 Å². The van der Waals surface area contributed by atoms with Crippen LogP contribution in [0.2, 0.25) is 0 Å². The molecule has 0 amide bonds. The monoisotopic (exact) mass is 517 g/mol. The fourth-order valence-corrected chi connectivity index (χ4v) is 5.14. The number of nitrogens with zero attached hydrogens (tertiary/aromatic N) is 4. The second kappa shape index (κ2) is 9.70. The van der Waals surface area contributed by atoms with Crippen molar-refractivity contribution in [2.45, 2.75) is 57.8 Å². The molecule has 0 radical (unpaired) electrons. The normalized spacial score (nSPS) is 21.8. The summed E-state index contributed by atoms with van der Waals surface area (Å²) < 4.78 is 49.1. The van der Waals surface area contributed by atoms with Crippen molar-refractivity contribution < 1.29 is 23.0 Å². The molecule has 0 aliphatic carbocycles. The van der Waals surface area contributed by atoms with Crippen LogP contribution in [-0.2, 0) is 11.3 Å². The van der Waals surface area contributed by atoms with Crippen molar-refractivity contribution in [2.24, 2.45) is 0 Å². The molecule has 0 unspecified atom stereocenters. The number of ether oxygens (including phenoxy) is 1. The summed E-state index contributed by atoms with van der Waals surface area (Å²) in [4.78, 5) is 23.3. The Morgan fingerprint density at radius 2 is 2.05 bits per heavy atom. The van der Waals surface area contributed by atoms with Gasteiger partial charge in [0, 0.05) is 41.4 Å². The molecule has 0 spiro atoms. The van der Waals surface area contributed by atoms with Crippen LogP contribution >= 0.6 is 0 Å². The minimum Gasteiger partial charge on any atom is -0.389 e. The van der Waals surface area contributed by atoms with Gasteiger partial charge in [0.25, 0.3) is 5.92 Å². The van der Waals surface area contributed by atoms with Gasteiger partial charge in [0.2, 0.25) is 5.95 Å². The summed E-state index contributed by atoms with van der Waals surface area (Å²) in [5.74, 6) is -3.17. The van der Waals surface area contributed by atoms with Gasteiger partial charge in [-0.2, -0.15) is 0 Å². The second-order valence-electron chi connectivity index (χ2n) is 10.2. The highest BCUT2D eigenvalue weighted by atomic mass is 19.3. The van der Waals surface area contributed by atoms with E-state index in [1.807, 2.05) is 18.4 Å². The van der Waals surface area contributed by atoms with E-state index in [0.29, 0.717) is 40.8 Å². The highest BCUT2D eigenvalue weighted by Crippen LogP contribution is 2.32. The second-order valence-corrected chi connectivity index (χ2v) is 10.2. The Hall–Kier alpha value is -3.02. The number of likely N-dealkylation sites (tertiary alicyclic amines) is 1. The largest absolute Gasteiger partial charge is 0.389 e. The number of anilines is 1. The van der Waals surface area contributed by atoms with Crippen molar-refractivity contribution >= 4 is 16.9 Å². The van der Waals surface area contributed by atoms with Crippen LogP contribution in [0.3, 0.4) is 0 Å². The van der Waals surface area contributed by atoms with E-state index in [4.69, 9.17) is 4.74 Å². The molecule has 0 bridgehead atoms. The summed E-state index contributed by atoms with van der Waals surface area (Å²) in [5.41, 5.74) is 2.07. The number of aliphatic hydroxyl groups is 1. The zero-order valence-electron chi connectivity index (χ0n) is 21.0. The molecule has 2 atom stereocenters. The molecule has 0 saturated carbocycles. The number of alkyl halides is 2. The summed E-state index contributed by atoms with van der Waals surface area (Å²) in [6, 6.07) is 4.59. The third-order valence-electron chi connectivity index (χ3n) is 7.02. The summed E-state index contributed by atoms with van der Waals surface area (Å²) in [7, 11) is 0. The summed E-state index contributed by atoms with van der Waals surface area (Å²) in [6.07, 6.45) is 0.889. The van der Waals surface area contributed by atoms with Gasteiger partial charge in [-0.05, 0) is 39.3 Å². The van der Waals surface area contributed by atoms with Crippen LogP contribution in [0.25, 0.3) is 22.2 Å². The Bertz CT molecular complexity index is 1390. The van der Waals surface area contributed by atoms with E-state index in [9.17, 15) is 23.1 Å². The van der Waals surface area contributed by atoms with Crippen molar-refractivity contribution in [3.8, 4) is 11.3 Å². The molecule has 2 aliphatic rings. The summed E-state index contributed by atoms with van der Waals surface area (Å²) >= 11 is 0. The fraction of sp³-hybridized carbons (Fsp3) is 0.500. The van der Waals surface area contributed by atoms with Crippen LogP contribution < -0.4 is 10.7 Å². The molecule has 3 aromatic rings. The quantitative estimate of drug-likeness (QED) is 0.517. The van der Waals surface area contributed by atoms with Crippen LogP contribution in [0, 0.1) is 12.7 Å². The fourth-order valence-electron chi connectivity index (χ4n) is 5.14. The highest BCUT2D eigenvalue weighted by Gasteiger charge is 2.44. The smallest absolute Gasteiger partial charge is 0.272 e. The van der Waals surface area contributed by atoms with Crippen molar-refractivity contribution in [3.05, 3.63) is 51.7 Å². The zero-order chi connectivity index (χ0) is 26.5. The zero-order valence-corrected chi connectivity index (χ0v) is 21.0. The van der Waals surface area contributed by atoms with Crippen molar-refractivity contribution in [3.63, 3.8) is 0 Å². The highest BCUT2D eigenvalue weighted by molar-refractivity contribution is 5.85. The number of rotatable bonds is 6. The number of fused-ring (bicyclic) bond motifs is 1. The van der Waals surface area contributed by atoms with Crippen LogP contribution in [0.15, 0.2) is 29.2 Å². The van der Waals surface area contributed by atoms with Gasteiger partial charge in [-0.1, -0.05) is 6.07 Å². The minimum absolute atomic E-state index is 0.0493. The Morgan fingerprint density at radius 3 is 2.73 bits per heavy atom. The third kappa shape index (κ3) is 4.95. The first-order chi connectivity index (χ1) is 17.5. The molecule has 2 fully saturated rings. The summed E-state index contributed by atoms with van der Waals surface area (Å²) in [5, 5.41) is 13.7. The Kier molecular flexibility index (Phi) is 6.71. The van der Waals surface area contributed by atoms with Gasteiger partial charge in [-0.25, -0.2) is 23.1 Å². The molecular formula is C26H30F3N5O3. The molecule has 11 heteroatoms. The topological polar surface area (TPSA) is 92.5 Å². The van der Waals surface area contributed by atoms with Gasteiger partial charge in [0.1, 0.15) is 5.69 Å². The molecule has 2 aliphatic heterocycles. The first kappa shape index (κ1) is 25.6. The maximum atomic E-state index is 14.9. The molecule has 198 valence electrons. The van der Waals surface area contributed by atoms with Crippen LogP contribution in [-0.4, -0.2) is 68.9 Å². The molecular weight excluding hydrogens is 487 g/mol. The van der Waals surface area contributed by atoms with Crippen LogP contribution in [0.5, 0.6) is 0 Å². The lowest BCUT2D eigenvalue weighted by atomic mass is 10.0. The van der Waals surface area contributed by atoms with Crippen molar-refractivity contribution in [1.82, 2.24) is 19.4 Å². The molecule has 4 heterocycles. The molecule has 2 N–H and O–H groups in total. The maximum absolute atomic E-state index is 14.9. The number of pyridine rings is 1. The SMILES string of the molecule is Cc1c(CN2CC(F)(F)C2)n(C(C)C)c2cc(-c3nc(N[C@@H]4CCOC[C@H]4O)ncc3F)ccc2c1=O. The Labute approximate surface area is 212 Å². The van der Waals surface area contributed by atoms with Crippen LogP contribution in [0.4, 0.5) is 19.1 Å². The predicted octanol–water partition coefficient (Wildman–Crippen LogP) is 3.50. The Morgan fingerprint density at radius 1 is 1.30 bits per heavy atom. The molecule has 8 nitrogen and oxygen atoms in total. The standard InChI is InChI=1S/C26H30F3N5O3/c1-14(2)34-20-8-16(23-18(27)9-30-25(32-23)31-19-6-7-37-11-22(19)35)4-5-17(20)24(36)15(3)21(34)10-33-12-26(28,29)13-33/h4-5,8-9,14,19,22,35H,6-7,10-13H2,1-3H3,(H,30,31,32)/t19-,22-/m1/s1. The Balaban J connectivity index is 1.57. The van der Waals surface area contributed by atoms with E-state index in [0.717, 1.165) is 6.20 Å². The molecule has 1 aromatic carbocycles. The number of aliphatic hydroxyl groups excluding tert-OH is 1. The number of halogens is 3. The number of aromatic nitrogens is 3. The predicted molar refractivity (Wildman–Crippen MR) is 133 cm³/mol. The van der Waals surface area contributed by atoms with Gasteiger partial charge in [-0.3, -0.25) is 9.69 Å². The van der Waals surface area contributed by atoms with E-state index in [1.54, 1.807) is 30.0 Å². The summed E-state index contributed by atoms with van der Waals surface area (Å²) in [6.45, 7) is 5.83. The number of nitrogens with one attached hydrogen (secondary N) is 1. The van der Waals surface area contributed by atoms with Gasteiger partial charge in [0.15, 0.2) is 11.2 Å². The molecule has 2 aromatic heterocycles. The third-order valence-corrected chi connectivity index (χ3v) is 7.02. The van der Waals surface area contributed by atoms with E-state index in [-0.39, 0.29) is 55.4 Å². The average Bonchev–Trinajstić information content (AvgIpc) is 2.83. The van der Waals surface area contributed by atoms with Crippen molar-refractivity contribution in [1.29, 1.82) is 0 Å². The lowest BCUT2D eigenvalue weighted by Crippen LogP contribution is -2.55. The number of hydrogen-bond acceptors (Lipinski definition) is 7. The van der Waals surface area contributed by atoms with E-state index in [1.165, 1.54) is 0 Å². The van der Waals surface area contributed by atoms with E-state index in [2.05, 4.69) is 15.3 Å².